The van der Waals surface area contributed by atoms with Gasteiger partial charge >= 0.3 is 6.18 Å². The number of halogens is 4. The zero-order valence-electron chi connectivity index (χ0n) is 16.2. The maximum Gasteiger partial charge on any atom is 0.433 e. The van der Waals surface area contributed by atoms with Crippen molar-refractivity contribution in [3.8, 4) is 11.3 Å². The minimum Gasteiger partial charge on any atom is -0.364 e. The summed E-state index contributed by atoms with van der Waals surface area (Å²) in [5, 5.41) is 10.4. The van der Waals surface area contributed by atoms with E-state index in [1.54, 1.807) is 0 Å². The van der Waals surface area contributed by atoms with Crippen LogP contribution in [-0.2, 0) is 13.2 Å². The van der Waals surface area contributed by atoms with E-state index >= 15 is 0 Å². The second kappa shape index (κ2) is 7.64. The third-order valence-corrected chi connectivity index (χ3v) is 4.76. The maximum absolute atomic E-state index is 13.7. The molecule has 0 bridgehead atoms. The summed E-state index contributed by atoms with van der Waals surface area (Å²) in [5.74, 6) is -1.71. The summed E-state index contributed by atoms with van der Waals surface area (Å²) in [6.07, 6.45) is -3.59. The number of nitrogens with zero attached hydrogens (tertiary/aromatic N) is 5. The van der Waals surface area contributed by atoms with E-state index in [1.165, 1.54) is 37.5 Å². The van der Waals surface area contributed by atoms with Gasteiger partial charge < -0.3 is 11.1 Å². The van der Waals surface area contributed by atoms with Crippen molar-refractivity contribution in [1.82, 2.24) is 24.4 Å². The number of hydrogen-bond donors (Lipinski definition) is 2. The molecule has 0 atom stereocenters. The largest absolute Gasteiger partial charge is 0.433 e. The van der Waals surface area contributed by atoms with Crippen molar-refractivity contribution in [2.75, 3.05) is 5.32 Å². The fourth-order valence-electron chi connectivity index (χ4n) is 3.06. The van der Waals surface area contributed by atoms with Crippen LogP contribution in [0.2, 0.25) is 5.02 Å². The number of carbonyl (C=O) groups is 2. The molecule has 3 heterocycles. The van der Waals surface area contributed by atoms with Crippen LogP contribution in [0, 0.1) is 0 Å². The van der Waals surface area contributed by atoms with Gasteiger partial charge in [-0.05, 0) is 18.2 Å². The van der Waals surface area contributed by atoms with Crippen LogP contribution in [0.15, 0.2) is 42.6 Å². The van der Waals surface area contributed by atoms with Crippen molar-refractivity contribution < 1.29 is 22.8 Å². The first kappa shape index (κ1) is 21.3. The number of rotatable bonds is 4. The lowest BCUT2D eigenvalue weighted by molar-refractivity contribution is -0.142. The number of carbonyl (C=O) groups excluding carboxylic acids is 2. The molecule has 3 N–H and O–H groups in total. The highest BCUT2D eigenvalue weighted by Gasteiger charge is 2.35. The molecule has 2 amide bonds. The van der Waals surface area contributed by atoms with Crippen LogP contribution < -0.4 is 11.1 Å². The number of amides is 2. The van der Waals surface area contributed by atoms with Crippen molar-refractivity contribution in [2.45, 2.75) is 6.18 Å². The number of anilines is 1. The van der Waals surface area contributed by atoms with Gasteiger partial charge in [-0.2, -0.15) is 23.4 Å². The molecule has 32 heavy (non-hydrogen) atoms. The highest BCUT2D eigenvalue weighted by molar-refractivity contribution is 6.30. The highest BCUT2D eigenvalue weighted by Crippen LogP contribution is 2.32. The van der Waals surface area contributed by atoms with Gasteiger partial charge in [-0.3, -0.25) is 14.3 Å². The summed E-state index contributed by atoms with van der Waals surface area (Å²) in [6.45, 7) is 0. The molecule has 3 aromatic heterocycles. The number of aromatic nitrogens is 5. The number of fused-ring (bicyclic) bond motifs is 1. The summed E-state index contributed by atoms with van der Waals surface area (Å²) in [4.78, 5) is 28.4. The fraction of sp³-hybridized carbons (Fsp3) is 0.105. The van der Waals surface area contributed by atoms with E-state index in [1.807, 2.05) is 0 Å². The number of aryl methyl sites for hydroxylation is 1. The topological polar surface area (TPSA) is 120 Å². The molecule has 1 aromatic carbocycles. The van der Waals surface area contributed by atoms with Crippen LogP contribution in [-0.4, -0.2) is 36.2 Å². The van der Waals surface area contributed by atoms with Gasteiger partial charge in [-0.25, -0.2) is 9.50 Å². The van der Waals surface area contributed by atoms with Gasteiger partial charge in [0.1, 0.15) is 5.69 Å². The molecule has 4 aromatic rings. The van der Waals surface area contributed by atoms with Crippen LogP contribution in [0.25, 0.3) is 16.9 Å². The number of nitrogens with one attached hydrogen (secondary N) is 1. The Morgan fingerprint density at radius 3 is 2.47 bits per heavy atom. The van der Waals surface area contributed by atoms with Crippen LogP contribution >= 0.6 is 11.6 Å². The molecule has 0 aliphatic carbocycles. The van der Waals surface area contributed by atoms with Crippen molar-refractivity contribution in [2.24, 2.45) is 12.8 Å². The molecule has 0 fully saturated rings. The Balaban J connectivity index is 1.78. The molecule has 9 nitrogen and oxygen atoms in total. The molecule has 164 valence electrons. The Kier molecular flexibility index (Phi) is 5.09. The Bertz CT molecular complexity index is 1360. The van der Waals surface area contributed by atoms with Crippen molar-refractivity contribution >= 4 is 34.7 Å². The third kappa shape index (κ3) is 3.87. The number of nitrogens with two attached hydrogens (primary N) is 1. The number of hydrogen-bond acceptors (Lipinski definition) is 5. The first-order valence-corrected chi connectivity index (χ1v) is 9.29. The lowest BCUT2D eigenvalue weighted by Gasteiger charge is -2.11. The van der Waals surface area contributed by atoms with E-state index in [0.717, 1.165) is 16.8 Å². The molecule has 13 heteroatoms. The average Bonchev–Trinajstić information content (AvgIpc) is 3.30. The molecule has 0 aliphatic rings. The maximum atomic E-state index is 13.7. The zero-order valence-corrected chi connectivity index (χ0v) is 16.9. The summed E-state index contributed by atoms with van der Waals surface area (Å²) < 4.78 is 42.8. The summed E-state index contributed by atoms with van der Waals surface area (Å²) in [7, 11) is 1.44. The quantitative estimate of drug-likeness (QED) is 0.481. The lowest BCUT2D eigenvalue weighted by atomic mass is 10.1. The monoisotopic (exact) mass is 463 g/mol. The zero-order chi connectivity index (χ0) is 23.2. The Morgan fingerprint density at radius 1 is 1.16 bits per heavy atom. The molecule has 0 spiro atoms. The van der Waals surface area contributed by atoms with E-state index in [2.05, 4.69) is 20.5 Å². The normalized spacial score (nSPS) is 11.7. The Labute approximate surface area is 182 Å². The van der Waals surface area contributed by atoms with Crippen molar-refractivity contribution in [3.05, 3.63) is 64.7 Å². The first-order valence-electron chi connectivity index (χ1n) is 8.91. The molecule has 0 unspecified atom stereocenters. The molecule has 0 radical (unpaired) electrons. The minimum absolute atomic E-state index is 0.00656. The van der Waals surface area contributed by atoms with E-state index in [9.17, 15) is 22.8 Å². The molecule has 0 saturated heterocycles. The molecular weight excluding hydrogens is 451 g/mol. The van der Waals surface area contributed by atoms with Gasteiger partial charge in [0.15, 0.2) is 17.0 Å². The molecule has 0 saturated carbocycles. The van der Waals surface area contributed by atoms with Gasteiger partial charge in [0.05, 0.1) is 17.6 Å². The second-order valence-electron chi connectivity index (χ2n) is 6.68. The van der Waals surface area contributed by atoms with E-state index in [0.29, 0.717) is 15.1 Å². The van der Waals surface area contributed by atoms with Gasteiger partial charge in [0.25, 0.3) is 11.8 Å². The summed E-state index contributed by atoms with van der Waals surface area (Å²) >= 11 is 5.84. The summed E-state index contributed by atoms with van der Waals surface area (Å²) in [5.41, 5.74) is 3.94. The number of alkyl halides is 3. The van der Waals surface area contributed by atoms with Crippen LogP contribution in [0.1, 0.15) is 26.7 Å². The van der Waals surface area contributed by atoms with E-state index < -0.39 is 23.7 Å². The SMILES string of the molecule is Cn1ncc(NC(=O)c2cc3nc(-c4ccc(Cl)cc4)cc(C(F)(F)F)n3n2)c1C(N)=O. The lowest BCUT2D eigenvalue weighted by Crippen LogP contribution is -2.20. The van der Waals surface area contributed by atoms with Gasteiger partial charge in [0.2, 0.25) is 0 Å². The minimum atomic E-state index is -4.77. The highest BCUT2D eigenvalue weighted by atomic mass is 35.5. The van der Waals surface area contributed by atoms with Gasteiger partial charge in [-0.1, -0.05) is 23.7 Å². The first-order chi connectivity index (χ1) is 15.0. The smallest absolute Gasteiger partial charge is 0.364 e. The van der Waals surface area contributed by atoms with Crippen LogP contribution in [0.4, 0.5) is 18.9 Å². The van der Waals surface area contributed by atoms with Crippen LogP contribution in [0.3, 0.4) is 0 Å². The second-order valence-corrected chi connectivity index (χ2v) is 7.12. The van der Waals surface area contributed by atoms with E-state index in [4.69, 9.17) is 17.3 Å². The van der Waals surface area contributed by atoms with Gasteiger partial charge in [-0.15, -0.1) is 0 Å². The fourth-order valence-corrected chi connectivity index (χ4v) is 3.19. The summed E-state index contributed by atoms with van der Waals surface area (Å²) in [6, 6.07) is 8.03. The third-order valence-electron chi connectivity index (χ3n) is 4.51. The van der Waals surface area contributed by atoms with Gasteiger partial charge in [0, 0.05) is 23.7 Å². The molecule has 4 rings (SSSR count). The predicted octanol–water partition coefficient (Wildman–Crippen LogP) is 3.15. The van der Waals surface area contributed by atoms with Crippen molar-refractivity contribution in [1.29, 1.82) is 0 Å². The number of primary amides is 1. The standard InChI is InChI=1S/C19H13ClF3N7O2/c1-29-16(17(24)31)13(8-25-29)27-18(32)12-7-15-26-11(9-2-4-10(20)5-3-9)6-14(19(21,22)23)30(15)28-12/h2-8H,1H3,(H2,24,31)(H,27,32). The molecular formula is C19H13ClF3N7O2. The van der Waals surface area contributed by atoms with Crippen molar-refractivity contribution in [3.63, 3.8) is 0 Å². The number of benzene rings is 1. The van der Waals surface area contributed by atoms with E-state index in [-0.39, 0.29) is 28.4 Å². The Hall–Kier alpha value is -3.93. The predicted molar refractivity (Wildman–Crippen MR) is 108 cm³/mol. The average molecular weight is 464 g/mol. The Morgan fingerprint density at radius 2 is 1.84 bits per heavy atom. The molecule has 0 aliphatic heterocycles. The van der Waals surface area contributed by atoms with Crippen LogP contribution in [0.5, 0.6) is 0 Å².